The monoisotopic (exact) mass is 296 g/mol. The summed E-state index contributed by atoms with van der Waals surface area (Å²) < 4.78 is 0. The van der Waals surface area contributed by atoms with Crippen LogP contribution in [0.25, 0.3) is 0 Å². The number of carbonyl (C=O) groups excluding carboxylic acids is 2. The zero-order chi connectivity index (χ0) is 14.9. The second-order valence-corrected chi connectivity index (χ2v) is 6.46. The SMILES string of the molecule is Cc1nc(N)sc1CC(=O)N[C@H]1CC(=O)N(C(C)C)C1. The van der Waals surface area contributed by atoms with Gasteiger partial charge in [0.25, 0.3) is 0 Å². The molecule has 3 N–H and O–H groups in total. The summed E-state index contributed by atoms with van der Waals surface area (Å²) in [6, 6.07) is 0.0796. The number of aromatic nitrogens is 1. The normalized spacial score (nSPS) is 18.9. The molecule has 2 amide bonds. The Morgan fingerprint density at radius 3 is 2.80 bits per heavy atom. The second kappa shape index (κ2) is 5.78. The molecule has 2 rings (SSSR count). The number of nitrogens with zero attached hydrogens (tertiary/aromatic N) is 2. The third-order valence-electron chi connectivity index (χ3n) is 3.38. The first-order valence-corrected chi connectivity index (χ1v) is 7.49. The molecule has 0 spiro atoms. The first kappa shape index (κ1) is 14.8. The maximum absolute atomic E-state index is 12.0. The molecular weight excluding hydrogens is 276 g/mol. The predicted octanol–water partition coefficient (Wildman–Crippen LogP) is 0.702. The van der Waals surface area contributed by atoms with Gasteiger partial charge in [-0.05, 0) is 20.8 Å². The summed E-state index contributed by atoms with van der Waals surface area (Å²) in [5.74, 6) is 0.0173. The number of nitrogens with two attached hydrogens (primary N) is 1. The van der Waals surface area contributed by atoms with E-state index in [1.54, 1.807) is 4.90 Å². The molecule has 6 nitrogen and oxygen atoms in total. The van der Waals surface area contributed by atoms with E-state index in [1.165, 1.54) is 11.3 Å². The molecule has 1 aromatic rings. The third kappa shape index (κ3) is 3.27. The van der Waals surface area contributed by atoms with Gasteiger partial charge in [-0.15, -0.1) is 11.3 Å². The number of carbonyl (C=O) groups is 2. The minimum atomic E-state index is -0.0945. The molecule has 1 atom stereocenters. The van der Waals surface area contributed by atoms with Crippen molar-refractivity contribution >= 4 is 28.3 Å². The van der Waals surface area contributed by atoms with Crippen molar-refractivity contribution in [2.24, 2.45) is 0 Å². The van der Waals surface area contributed by atoms with Crippen molar-refractivity contribution in [1.82, 2.24) is 15.2 Å². The molecule has 0 radical (unpaired) electrons. The fourth-order valence-corrected chi connectivity index (χ4v) is 3.20. The number of aryl methyl sites for hydroxylation is 1. The molecule has 2 heterocycles. The lowest BCUT2D eigenvalue weighted by atomic mass is 10.2. The van der Waals surface area contributed by atoms with Crippen molar-refractivity contribution in [3.63, 3.8) is 0 Å². The zero-order valence-electron chi connectivity index (χ0n) is 12.0. The van der Waals surface area contributed by atoms with Crippen LogP contribution in [-0.2, 0) is 16.0 Å². The van der Waals surface area contributed by atoms with Gasteiger partial charge in [-0.25, -0.2) is 4.98 Å². The Morgan fingerprint density at radius 1 is 1.60 bits per heavy atom. The van der Waals surface area contributed by atoms with E-state index in [2.05, 4.69) is 10.3 Å². The number of rotatable bonds is 4. The summed E-state index contributed by atoms with van der Waals surface area (Å²) in [6.07, 6.45) is 0.654. The lowest BCUT2D eigenvalue weighted by Crippen LogP contribution is -2.39. The third-order valence-corrected chi connectivity index (χ3v) is 4.36. The Morgan fingerprint density at radius 2 is 2.30 bits per heavy atom. The maximum atomic E-state index is 12.0. The van der Waals surface area contributed by atoms with E-state index in [1.807, 2.05) is 20.8 Å². The molecule has 20 heavy (non-hydrogen) atoms. The molecule has 1 aromatic heterocycles. The predicted molar refractivity (Wildman–Crippen MR) is 78.4 cm³/mol. The fourth-order valence-electron chi connectivity index (χ4n) is 2.37. The number of nitrogen functional groups attached to an aromatic ring is 1. The van der Waals surface area contributed by atoms with E-state index in [9.17, 15) is 9.59 Å². The van der Waals surface area contributed by atoms with Crippen LogP contribution in [0.15, 0.2) is 0 Å². The Bertz CT molecular complexity index is 526. The first-order chi connectivity index (χ1) is 9.36. The summed E-state index contributed by atoms with van der Waals surface area (Å²) in [4.78, 5) is 30.6. The number of amides is 2. The molecule has 7 heteroatoms. The van der Waals surface area contributed by atoms with Crippen LogP contribution in [0.4, 0.5) is 5.13 Å². The van der Waals surface area contributed by atoms with Crippen LogP contribution >= 0.6 is 11.3 Å². The van der Waals surface area contributed by atoms with Gasteiger partial charge in [-0.3, -0.25) is 9.59 Å². The van der Waals surface area contributed by atoms with Crippen LogP contribution in [0.2, 0.25) is 0 Å². The number of likely N-dealkylation sites (tertiary alicyclic amines) is 1. The molecule has 1 aliphatic heterocycles. The molecular formula is C13H20N4O2S. The molecule has 0 aromatic carbocycles. The van der Waals surface area contributed by atoms with Crippen molar-refractivity contribution in [3.05, 3.63) is 10.6 Å². The molecule has 0 saturated carbocycles. The van der Waals surface area contributed by atoms with E-state index in [0.717, 1.165) is 10.6 Å². The van der Waals surface area contributed by atoms with Crippen LogP contribution in [0.1, 0.15) is 30.8 Å². The standard InChI is InChI=1S/C13H20N4O2S/c1-7(2)17-6-9(4-12(17)19)16-11(18)5-10-8(3)15-13(14)20-10/h7,9H,4-6H2,1-3H3,(H2,14,15)(H,16,18)/t9-/m0/s1. The summed E-state index contributed by atoms with van der Waals surface area (Å²) in [7, 11) is 0. The Balaban J connectivity index is 1.90. The zero-order valence-corrected chi connectivity index (χ0v) is 12.8. The molecule has 1 saturated heterocycles. The average molecular weight is 296 g/mol. The van der Waals surface area contributed by atoms with Crippen LogP contribution in [0, 0.1) is 6.92 Å². The van der Waals surface area contributed by atoms with E-state index in [-0.39, 0.29) is 30.3 Å². The molecule has 0 unspecified atom stereocenters. The highest BCUT2D eigenvalue weighted by molar-refractivity contribution is 7.15. The molecule has 1 aliphatic rings. The summed E-state index contributed by atoms with van der Waals surface area (Å²) in [6.45, 7) is 6.39. The van der Waals surface area contributed by atoms with Gasteiger partial charge in [0.05, 0.1) is 18.2 Å². The highest BCUT2D eigenvalue weighted by atomic mass is 32.1. The second-order valence-electron chi connectivity index (χ2n) is 5.35. The largest absolute Gasteiger partial charge is 0.375 e. The summed E-state index contributed by atoms with van der Waals surface area (Å²) in [5, 5.41) is 3.39. The van der Waals surface area contributed by atoms with Gasteiger partial charge in [-0.1, -0.05) is 0 Å². The van der Waals surface area contributed by atoms with Crippen LogP contribution < -0.4 is 11.1 Å². The number of nitrogens with one attached hydrogen (secondary N) is 1. The minimum absolute atomic E-state index is 0.0832. The van der Waals surface area contributed by atoms with Gasteiger partial charge >= 0.3 is 0 Å². The van der Waals surface area contributed by atoms with Gasteiger partial charge in [0.15, 0.2) is 5.13 Å². The molecule has 0 bridgehead atoms. The molecule has 1 fully saturated rings. The van der Waals surface area contributed by atoms with Crippen molar-refractivity contribution in [1.29, 1.82) is 0 Å². The van der Waals surface area contributed by atoms with Gasteiger partial charge in [0, 0.05) is 23.9 Å². The van der Waals surface area contributed by atoms with E-state index >= 15 is 0 Å². The molecule has 0 aliphatic carbocycles. The van der Waals surface area contributed by atoms with Crippen molar-refractivity contribution in [2.75, 3.05) is 12.3 Å². The van der Waals surface area contributed by atoms with Crippen LogP contribution in [0.3, 0.4) is 0 Å². The maximum Gasteiger partial charge on any atom is 0.225 e. The van der Waals surface area contributed by atoms with Crippen LogP contribution in [0.5, 0.6) is 0 Å². The van der Waals surface area contributed by atoms with Gasteiger partial charge in [-0.2, -0.15) is 0 Å². The Labute approximate surface area is 122 Å². The van der Waals surface area contributed by atoms with Gasteiger partial charge in [0.1, 0.15) is 0 Å². The summed E-state index contributed by atoms with van der Waals surface area (Å²) in [5.41, 5.74) is 6.41. The van der Waals surface area contributed by atoms with Crippen LogP contribution in [-0.4, -0.2) is 40.3 Å². The lowest BCUT2D eigenvalue weighted by molar-refractivity contribution is -0.129. The average Bonchev–Trinajstić information content (AvgIpc) is 2.82. The smallest absolute Gasteiger partial charge is 0.225 e. The van der Waals surface area contributed by atoms with Crippen molar-refractivity contribution in [3.8, 4) is 0 Å². The highest BCUT2D eigenvalue weighted by Gasteiger charge is 2.31. The molecule has 110 valence electrons. The van der Waals surface area contributed by atoms with Crippen molar-refractivity contribution in [2.45, 2.75) is 45.7 Å². The minimum Gasteiger partial charge on any atom is -0.375 e. The van der Waals surface area contributed by atoms with Crippen molar-refractivity contribution < 1.29 is 9.59 Å². The quantitative estimate of drug-likeness (QED) is 0.856. The van der Waals surface area contributed by atoms with Gasteiger partial charge < -0.3 is 16.0 Å². The van der Waals surface area contributed by atoms with E-state index < -0.39 is 0 Å². The fraction of sp³-hybridized carbons (Fsp3) is 0.615. The number of anilines is 1. The topological polar surface area (TPSA) is 88.3 Å². The van der Waals surface area contributed by atoms with Gasteiger partial charge in [0.2, 0.25) is 11.8 Å². The lowest BCUT2D eigenvalue weighted by Gasteiger charge is -2.21. The number of hydrogen-bond acceptors (Lipinski definition) is 5. The Kier molecular flexibility index (Phi) is 4.27. The number of thiazole rings is 1. The number of hydrogen-bond donors (Lipinski definition) is 2. The summed E-state index contributed by atoms with van der Waals surface area (Å²) >= 11 is 1.34. The Hall–Kier alpha value is -1.63. The highest BCUT2D eigenvalue weighted by Crippen LogP contribution is 2.20. The van der Waals surface area contributed by atoms with E-state index in [4.69, 9.17) is 5.73 Å². The van der Waals surface area contributed by atoms with E-state index in [0.29, 0.717) is 18.1 Å². The first-order valence-electron chi connectivity index (χ1n) is 6.67.